The predicted molar refractivity (Wildman–Crippen MR) is 97.1 cm³/mol. The molecule has 2 unspecified atom stereocenters. The molecule has 1 aromatic rings. The van der Waals surface area contributed by atoms with Crippen LogP contribution in [0.15, 0.2) is 10.4 Å². The normalized spacial score (nSPS) is 21.6. The molecule has 0 saturated heterocycles. The molecule has 1 saturated carbocycles. The van der Waals surface area contributed by atoms with E-state index in [0.717, 1.165) is 24.1 Å². The Balaban J connectivity index is 0.00000200. The SMILES string of the molecule is CCNC(=NCc1csc(C(C)C)n1)NC1CC1C.I. The van der Waals surface area contributed by atoms with Crippen LogP contribution >= 0.6 is 35.3 Å². The van der Waals surface area contributed by atoms with Crippen molar-refractivity contribution in [1.29, 1.82) is 0 Å². The zero-order valence-corrected chi connectivity index (χ0v) is 15.8. The molecule has 1 fully saturated rings. The minimum absolute atomic E-state index is 0. The van der Waals surface area contributed by atoms with Crippen molar-refractivity contribution < 1.29 is 0 Å². The van der Waals surface area contributed by atoms with Gasteiger partial charge in [-0.25, -0.2) is 9.98 Å². The average molecular weight is 408 g/mol. The fourth-order valence-electron chi connectivity index (χ4n) is 1.84. The van der Waals surface area contributed by atoms with Gasteiger partial charge in [-0.15, -0.1) is 35.3 Å². The highest BCUT2D eigenvalue weighted by Crippen LogP contribution is 2.28. The third-order valence-corrected chi connectivity index (χ3v) is 4.43. The van der Waals surface area contributed by atoms with E-state index in [2.05, 4.69) is 53.7 Å². The molecule has 0 bridgehead atoms. The lowest BCUT2D eigenvalue weighted by atomic mass is 10.2. The number of nitrogens with zero attached hydrogens (tertiary/aromatic N) is 2. The van der Waals surface area contributed by atoms with Crippen molar-refractivity contribution in [3.63, 3.8) is 0 Å². The molecule has 2 atom stereocenters. The zero-order chi connectivity index (χ0) is 13.8. The maximum absolute atomic E-state index is 4.61. The number of hydrogen-bond donors (Lipinski definition) is 2. The van der Waals surface area contributed by atoms with E-state index in [0.29, 0.717) is 18.5 Å². The van der Waals surface area contributed by atoms with Gasteiger partial charge < -0.3 is 10.6 Å². The molecule has 114 valence electrons. The van der Waals surface area contributed by atoms with Crippen molar-refractivity contribution in [2.75, 3.05) is 6.54 Å². The van der Waals surface area contributed by atoms with Gasteiger partial charge in [-0.05, 0) is 19.3 Å². The summed E-state index contributed by atoms with van der Waals surface area (Å²) in [5, 5.41) is 10.1. The van der Waals surface area contributed by atoms with Crippen molar-refractivity contribution in [1.82, 2.24) is 15.6 Å². The van der Waals surface area contributed by atoms with Crippen LogP contribution in [-0.4, -0.2) is 23.5 Å². The van der Waals surface area contributed by atoms with Gasteiger partial charge in [0.25, 0.3) is 0 Å². The van der Waals surface area contributed by atoms with E-state index in [1.54, 1.807) is 11.3 Å². The number of aliphatic imine (C=N–C) groups is 1. The van der Waals surface area contributed by atoms with Gasteiger partial charge in [0.05, 0.1) is 17.2 Å². The van der Waals surface area contributed by atoms with E-state index in [1.165, 1.54) is 11.4 Å². The van der Waals surface area contributed by atoms with Crippen LogP contribution in [0.5, 0.6) is 0 Å². The second-order valence-electron chi connectivity index (χ2n) is 5.49. The molecule has 2 N–H and O–H groups in total. The molecule has 0 aliphatic heterocycles. The molecule has 1 aromatic heterocycles. The molecule has 2 rings (SSSR count). The maximum atomic E-state index is 4.61. The van der Waals surface area contributed by atoms with Crippen LogP contribution in [0.4, 0.5) is 0 Å². The third-order valence-electron chi connectivity index (χ3n) is 3.24. The molecule has 0 amide bonds. The highest BCUT2D eigenvalue weighted by atomic mass is 127. The highest BCUT2D eigenvalue weighted by molar-refractivity contribution is 14.0. The first-order valence-corrected chi connectivity index (χ1v) is 7.97. The van der Waals surface area contributed by atoms with Crippen molar-refractivity contribution in [2.45, 2.75) is 52.6 Å². The summed E-state index contributed by atoms with van der Waals surface area (Å²) in [6.07, 6.45) is 1.25. The Bertz CT molecular complexity index is 444. The molecule has 1 heterocycles. The van der Waals surface area contributed by atoms with Crippen LogP contribution in [0.1, 0.15) is 50.7 Å². The summed E-state index contributed by atoms with van der Waals surface area (Å²) >= 11 is 1.73. The van der Waals surface area contributed by atoms with Crippen molar-refractivity contribution in [3.05, 3.63) is 16.1 Å². The number of nitrogens with one attached hydrogen (secondary N) is 2. The predicted octanol–water partition coefficient (Wildman–Crippen LogP) is 3.35. The number of halogens is 1. The first kappa shape index (κ1) is 17.7. The van der Waals surface area contributed by atoms with Crippen LogP contribution in [0, 0.1) is 5.92 Å². The van der Waals surface area contributed by atoms with Gasteiger partial charge in [-0.1, -0.05) is 20.8 Å². The summed E-state index contributed by atoms with van der Waals surface area (Å²) in [5.74, 6) is 2.19. The summed E-state index contributed by atoms with van der Waals surface area (Å²) in [7, 11) is 0. The monoisotopic (exact) mass is 408 g/mol. The molecule has 0 radical (unpaired) electrons. The topological polar surface area (TPSA) is 49.3 Å². The van der Waals surface area contributed by atoms with E-state index in [-0.39, 0.29) is 24.0 Å². The molecule has 20 heavy (non-hydrogen) atoms. The minimum atomic E-state index is 0. The Kier molecular flexibility index (Phi) is 7.22. The summed E-state index contributed by atoms with van der Waals surface area (Å²) in [6, 6.07) is 0.597. The van der Waals surface area contributed by atoms with Gasteiger partial charge in [-0.3, -0.25) is 0 Å². The molecule has 0 spiro atoms. The Labute approximate surface area is 142 Å². The molecular formula is C14H25IN4S. The molecule has 4 nitrogen and oxygen atoms in total. The molecule has 1 aliphatic carbocycles. The second kappa shape index (κ2) is 8.17. The van der Waals surface area contributed by atoms with Crippen LogP contribution in [0.2, 0.25) is 0 Å². The molecule has 1 aliphatic rings. The van der Waals surface area contributed by atoms with Crippen molar-refractivity contribution in [3.8, 4) is 0 Å². The van der Waals surface area contributed by atoms with Crippen LogP contribution in [0.25, 0.3) is 0 Å². The van der Waals surface area contributed by atoms with Crippen molar-refractivity contribution in [2.24, 2.45) is 10.9 Å². The summed E-state index contributed by atoms with van der Waals surface area (Å²) in [5.41, 5.74) is 1.06. The number of rotatable bonds is 5. The van der Waals surface area contributed by atoms with E-state index in [1.807, 2.05) is 0 Å². The summed E-state index contributed by atoms with van der Waals surface area (Å²) < 4.78 is 0. The van der Waals surface area contributed by atoms with Crippen molar-refractivity contribution >= 4 is 41.3 Å². The van der Waals surface area contributed by atoms with Crippen LogP contribution in [0.3, 0.4) is 0 Å². The number of thiazole rings is 1. The van der Waals surface area contributed by atoms with Gasteiger partial charge in [0.2, 0.25) is 0 Å². The average Bonchev–Trinajstić information content (AvgIpc) is 2.89. The van der Waals surface area contributed by atoms with Gasteiger partial charge in [0, 0.05) is 23.9 Å². The molecule has 6 heteroatoms. The standard InChI is InChI=1S/C14H24N4S.HI/c1-5-15-14(18-12-6-10(12)4)16-7-11-8-19-13(17-11)9(2)3;/h8-10,12H,5-7H2,1-4H3,(H2,15,16,18);1H. The third kappa shape index (κ3) is 5.20. The van der Waals surface area contributed by atoms with E-state index < -0.39 is 0 Å². The fraction of sp³-hybridized carbons (Fsp3) is 0.714. The largest absolute Gasteiger partial charge is 0.357 e. The van der Waals surface area contributed by atoms with E-state index >= 15 is 0 Å². The smallest absolute Gasteiger partial charge is 0.191 e. The first-order valence-electron chi connectivity index (χ1n) is 7.09. The quantitative estimate of drug-likeness (QED) is 0.446. The lowest BCUT2D eigenvalue weighted by Gasteiger charge is -2.10. The number of aromatic nitrogens is 1. The number of hydrogen-bond acceptors (Lipinski definition) is 3. The Morgan fingerprint density at radius 2 is 2.25 bits per heavy atom. The Morgan fingerprint density at radius 1 is 1.55 bits per heavy atom. The van der Waals surface area contributed by atoms with Crippen LogP contribution in [-0.2, 0) is 6.54 Å². The Morgan fingerprint density at radius 3 is 2.75 bits per heavy atom. The van der Waals surface area contributed by atoms with Gasteiger partial charge in [0.1, 0.15) is 0 Å². The highest BCUT2D eigenvalue weighted by Gasteiger charge is 2.33. The fourth-order valence-corrected chi connectivity index (χ4v) is 2.67. The molecule has 0 aromatic carbocycles. The maximum Gasteiger partial charge on any atom is 0.191 e. The number of guanidine groups is 1. The van der Waals surface area contributed by atoms with Crippen LogP contribution < -0.4 is 10.6 Å². The zero-order valence-electron chi connectivity index (χ0n) is 12.6. The van der Waals surface area contributed by atoms with Gasteiger partial charge in [-0.2, -0.15) is 0 Å². The minimum Gasteiger partial charge on any atom is -0.357 e. The lowest BCUT2D eigenvalue weighted by Crippen LogP contribution is -2.39. The van der Waals surface area contributed by atoms with Gasteiger partial charge >= 0.3 is 0 Å². The van der Waals surface area contributed by atoms with E-state index in [9.17, 15) is 0 Å². The Hall–Kier alpha value is -0.370. The van der Waals surface area contributed by atoms with E-state index in [4.69, 9.17) is 0 Å². The first-order chi connectivity index (χ1) is 9.10. The second-order valence-corrected chi connectivity index (χ2v) is 6.38. The summed E-state index contributed by atoms with van der Waals surface area (Å²) in [6.45, 7) is 10.2. The summed E-state index contributed by atoms with van der Waals surface area (Å²) in [4.78, 5) is 9.22. The van der Waals surface area contributed by atoms with Gasteiger partial charge in [0.15, 0.2) is 5.96 Å². The molecular weight excluding hydrogens is 383 g/mol. The lowest BCUT2D eigenvalue weighted by molar-refractivity contribution is 0.763.